The van der Waals surface area contributed by atoms with E-state index < -0.39 is 5.82 Å². The molecule has 5 heteroatoms. The maximum Gasteiger partial charge on any atom is 0.251 e. The van der Waals surface area contributed by atoms with Gasteiger partial charge >= 0.3 is 0 Å². The topological polar surface area (TPSA) is 38.3 Å². The molecule has 0 aromatic heterocycles. The van der Waals surface area contributed by atoms with Crippen LogP contribution in [0.3, 0.4) is 0 Å². The zero-order chi connectivity index (χ0) is 21.5. The summed E-state index contributed by atoms with van der Waals surface area (Å²) >= 11 is 6.25. The first-order valence-electron chi connectivity index (χ1n) is 9.95. The summed E-state index contributed by atoms with van der Waals surface area (Å²) in [6, 6.07) is 20.8. The van der Waals surface area contributed by atoms with Crippen molar-refractivity contribution < 1.29 is 13.9 Å². The fourth-order valence-corrected chi connectivity index (χ4v) is 3.55. The molecule has 0 aliphatic rings. The molecule has 3 aromatic rings. The number of hydrogen-bond donors (Lipinski definition) is 1. The molecule has 0 heterocycles. The molecule has 30 heavy (non-hydrogen) atoms. The average molecular weight is 426 g/mol. The van der Waals surface area contributed by atoms with E-state index in [0.717, 1.165) is 11.3 Å². The normalized spacial score (nSPS) is 11.9. The number of ether oxygens (including phenoxy) is 1. The van der Waals surface area contributed by atoms with Crippen LogP contribution in [0.15, 0.2) is 72.8 Å². The number of carbonyl (C=O) groups excluding carboxylic acids is 1. The second kappa shape index (κ2) is 10.3. The Morgan fingerprint density at radius 3 is 2.50 bits per heavy atom. The van der Waals surface area contributed by atoms with Crippen molar-refractivity contribution >= 4 is 17.5 Å². The van der Waals surface area contributed by atoms with Crippen LogP contribution in [0, 0.1) is 11.7 Å². The number of carbonyl (C=O) groups is 1. The highest BCUT2D eigenvalue weighted by molar-refractivity contribution is 6.31. The van der Waals surface area contributed by atoms with Crippen molar-refractivity contribution in [1.29, 1.82) is 0 Å². The minimum Gasteiger partial charge on any atom is -0.489 e. The number of halogens is 2. The maximum atomic E-state index is 13.5. The Bertz CT molecular complexity index is 991. The van der Waals surface area contributed by atoms with Crippen LogP contribution in [0.2, 0.25) is 5.02 Å². The number of para-hydroxylation sites is 1. The first-order valence-corrected chi connectivity index (χ1v) is 10.3. The summed E-state index contributed by atoms with van der Waals surface area (Å²) in [6.45, 7) is 4.50. The summed E-state index contributed by atoms with van der Waals surface area (Å²) in [5, 5.41) is 3.37. The highest BCUT2D eigenvalue weighted by Crippen LogP contribution is 2.29. The van der Waals surface area contributed by atoms with Gasteiger partial charge in [-0.25, -0.2) is 4.39 Å². The molecule has 0 aliphatic carbocycles. The van der Waals surface area contributed by atoms with Crippen LogP contribution in [-0.4, -0.2) is 5.91 Å². The van der Waals surface area contributed by atoms with Crippen molar-refractivity contribution in [3.63, 3.8) is 0 Å². The standard InChI is InChI=1S/C25H25ClFNO2/c1-17(2)13-24(22-12-11-20(27)15-23(22)26)28-25(29)19-8-6-7-18(14-19)16-30-21-9-4-3-5-10-21/h3-12,14-15,17,24H,13,16H2,1-2H3,(H,28,29). The average Bonchev–Trinajstić information content (AvgIpc) is 2.72. The second-order valence-corrected chi connectivity index (χ2v) is 8.03. The van der Waals surface area contributed by atoms with Gasteiger partial charge in [0.1, 0.15) is 18.2 Å². The third-order valence-electron chi connectivity index (χ3n) is 4.69. The summed E-state index contributed by atoms with van der Waals surface area (Å²) in [7, 11) is 0. The van der Waals surface area contributed by atoms with Crippen LogP contribution < -0.4 is 10.1 Å². The Balaban J connectivity index is 1.73. The SMILES string of the molecule is CC(C)CC(NC(=O)c1cccc(COc2ccccc2)c1)c1ccc(F)cc1Cl. The molecule has 0 radical (unpaired) electrons. The van der Waals surface area contributed by atoms with Crippen molar-refractivity contribution in [3.8, 4) is 5.75 Å². The molecule has 3 rings (SSSR count). The van der Waals surface area contributed by atoms with Crippen LogP contribution in [0.25, 0.3) is 0 Å². The van der Waals surface area contributed by atoms with Gasteiger partial charge in [-0.05, 0) is 59.9 Å². The predicted octanol–water partition coefficient (Wildman–Crippen LogP) is 6.58. The summed E-state index contributed by atoms with van der Waals surface area (Å²) in [5.41, 5.74) is 2.14. The van der Waals surface area contributed by atoms with Gasteiger partial charge in [0.15, 0.2) is 0 Å². The number of rotatable bonds is 8. The van der Waals surface area contributed by atoms with E-state index in [1.54, 1.807) is 12.1 Å². The van der Waals surface area contributed by atoms with Gasteiger partial charge in [-0.1, -0.05) is 61.8 Å². The number of hydrogen-bond acceptors (Lipinski definition) is 2. The molecule has 1 amide bonds. The molecule has 0 bridgehead atoms. The zero-order valence-corrected chi connectivity index (χ0v) is 17.8. The quantitative estimate of drug-likeness (QED) is 0.443. The summed E-state index contributed by atoms with van der Waals surface area (Å²) in [4.78, 5) is 12.9. The minimum atomic E-state index is -0.399. The Hall–Kier alpha value is -2.85. The zero-order valence-electron chi connectivity index (χ0n) is 17.1. The van der Waals surface area contributed by atoms with E-state index >= 15 is 0 Å². The Labute approximate surface area is 181 Å². The van der Waals surface area contributed by atoms with Gasteiger partial charge in [0, 0.05) is 10.6 Å². The Morgan fingerprint density at radius 1 is 1.03 bits per heavy atom. The molecule has 156 valence electrons. The van der Waals surface area contributed by atoms with Crippen LogP contribution in [-0.2, 0) is 6.61 Å². The molecular weight excluding hydrogens is 401 g/mol. The van der Waals surface area contributed by atoms with Gasteiger partial charge in [0.05, 0.1) is 6.04 Å². The highest BCUT2D eigenvalue weighted by atomic mass is 35.5. The predicted molar refractivity (Wildman–Crippen MR) is 118 cm³/mol. The molecule has 1 N–H and O–H groups in total. The number of nitrogens with one attached hydrogen (secondary N) is 1. The Kier molecular flexibility index (Phi) is 7.47. The van der Waals surface area contributed by atoms with Crippen molar-refractivity contribution in [3.05, 3.63) is 100 Å². The van der Waals surface area contributed by atoms with Gasteiger partial charge in [-0.15, -0.1) is 0 Å². The lowest BCUT2D eigenvalue weighted by molar-refractivity contribution is 0.0932. The lowest BCUT2D eigenvalue weighted by atomic mass is 9.96. The van der Waals surface area contributed by atoms with E-state index in [9.17, 15) is 9.18 Å². The molecule has 0 fully saturated rings. The second-order valence-electron chi connectivity index (χ2n) is 7.62. The lowest BCUT2D eigenvalue weighted by Crippen LogP contribution is -2.30. The lowest BCUT2D eigenvalue weighted by Gasteiger charge is -2.22. The molecule has 3 nitrogen and oxygen atoms in total. The minimum absolute atomic E-state index is 0.206. The molecule has 0 saturated carbocycles. The van der Waals surface area contributed by atoms with Crippen molar-refractivity contribution in [2.45, 2.75) is 32.9 Å². The van der Waals surface area contributed by atoms with Gasteiger partial charge < -0.3 is 10.1 Å². The summed E-state index contributed by atoms with van der Waals surface area (Å²) in [5.74, 6) is 0.490. The molecule has 0 saturated heterocycles. The number of amides is 1. The van der Waals surface area contributed by atoms with E-state index in [-0.39, 0.29) is 11.9 Å². The van der Waals surface area contributed by atoms with Crippen molar-refractivity contribution in [2.75, 3.05) is 0 Å². The smallest absolute Gasteiger partial charge is 0.251 e. The fourth-order valence-electron chi connectivity index (χ4n) is 3.25. The Morgan fingerprint density at radius 2 is 1.80 bits per heavy atom. The van der Waals surface area contributed by atoms with Crippen LogP contribution in [0.5, 0.6) is 5.75 Å². The third kappa shape index (κ3) is 6.07. The van der Waals surface area contributed by atoms with Crippen LogP contribution >= 0.6 is 11.6 Å². The van der Waals surface area contributed by atoms with Gasteiger partial charge in [-0.3, -0.25) is 4.79 Å². The maximum absolute atomic E-state index is 13.5. The highest BCUT2D eigenvalue weighted by Gasteiger charge is 2.20. The van der Waals surface area contributed by atoms with E-state index in [1.165, 1.54) is 12.1 Å². The largest absolute Gasteiger partial charge is 0.489 e. The van der Waals surface area contributed by atoms with Gasteiger partial charge in [0.25, 0.3) is 5.91 Å². The summed E-state index contributed by atoms with van der Waals surface area (Å²) < 4.78 is 19.2. The molecule has 0 spiro atoms. The summed E-state index contributed by atoms with van der Waals surface area (Å²) in [6.07, 6.45) is 0.688. The molecule has 1 unspecified atom stereocenters. The molecule has 1 atom stereocenters. The first-order chi connectivity index (χ1) is 14.4. The number of benzene rings is 3. The fraction of sp³-hybridized carbons (Fsp3) is 0.240. The van der Waals surface area contributed by atoms with Crippen LogP contribution in [0.1, 0.15) is 47.8 Å². The van der Waals surface area contributed by atoms with E-state index in [0.29, 0.717) is 35.1 Å². The monoisotopic (exact) mass is 425 g/mol. The van der Waals surface area contributed by atoms with Crippen molar-refractivity contribution in [2.24, 2.45) is 5.92 Å². The van der Waals surface area contributed by atoms with Gasteiger partial charge in [0.2, 0.25) is 0 Å². The van der Waals surface area contributed by atoms with Crippen molar-refractivity contribution in [1.82, 2.24) is 5.32 Å². The van der Waals surface area contributed by atoms with Gasteiger partial charge in [-0.2, -0.15) is 0 Å². The van der Waals surface area contributed by atoms with Crippen LogP contribution in [0.4, 0.5) is 4.39 Å². The van der Waals surface area contributed by atoms with E-state index in [4.69, 9.17) is 16.3 Å². The third-order valence-corrected chi connectivity index (χ3v) is 5.02. The molecule has 0 aliphatic heterocycles. The van der Waals surface area contributed by atoms with E-state index in [2.05, 4.69) is 19.2 Å². The van der Waals surface area contributed by atoms with E-state index in [1.807, 2.05) is 48.5 Å². The molecule has 3 aromatic carbocycles. The first kappa shape index (κ1) is 21.8. The molecular formula is C25H25ClFNO2.